The molecular formula is C13H20ClN3S. The number of rotatable bonds is 5. The van der Waals surface area contributed by atoms with Crippen LogP contribution in [0, 0.1) is 0 Å². The topological polar surface area (TPSA) is 37.8 Å². The molecule has 0 spiro atoms. The second-order valence-electron chi connectivity index (χ2n) is 4.61. The fraction of sp³-hybridized carbons (Fsp3) is 0.692. The van der Waals surface area contributed by atoms with Gasteiger partial charge in [-0.25, -0.2) is 9.97 Å². The molecule has 1 aliphatic heterocycles. The second kappa shape index (κ2) is 7.19. The number of hydrogen-bond donors (Lipinski definition) is 1. The van der Waals surface area contributed by atoms with Crippen molar-refractivity contribution in [1.82, 2.24) is 9.97 Å². The molecular weight excluding hydrogens is 266 g/mol. The van der Waals surface area contributed by atoms with E-state index in [9.17, 15) is 0 Å². The summed E-state index contributed by atoms with van der Waals surface area (Å²) in [5.74, 6) is 2.99. The monoisotopic (exact) mass is 285 g/mol. The van der Waals surface area contributed by atoms with E-state index in [0.29, 0.717) is 10.4 Å². The normalized spacial score (nSPS) is 19.8. The minimum Gasteiger partial charge on any atom is -0.369 e. The van der Waals surface area contributed by atoms with Crippen LogP contribution in [0.4, 0.5) is 5.82 Å². The van der Waals surface area contributed by atoms with Gasteiger partial charge in [-0.15, -0.1) is 0 Å². The van der Waals surface area contributed by atoms with Gasteiger partial charge in [0.2, 0.25) is 0 Å². The van der Waals surface area contributed by atoms with Gasteiger partial charge in [0.25, 0.3) is 0 Å². The van der Waals surface area contributed by atoms with Gasteiger partial charge in [0.15, 0.2) is 0 Å². The largest absolute Gasteiger partial charge is 0.369 e. The molecule has 1 unspecified atom stereocenters. The highest BCUT2D eigenvalue weighted by Gasteiger charge is 2.13. The molecule has 1 atom stereocenters. The number of aromatic nitrogens is 2. The predicted molar refractivity (Wildman–Crippen MR) is 79.6 cm³/mol. The van der Waals surface area contributed by atoms with E-state index in [4.69, 9.17) is 11.6 Å². The molecule has 3 nitrogen and oxygen atoms in total. The lowest BCUT2D eigenvalue weighted by Gasteiger charge is -2.21. The van der Waals surface area contributed by atoms with Gasteiger partial charge in [0.05, 0.1) is 0 Å². The SMILES string of the molecule is CCCc1nc(Cl)cc(NCC2CCCCS2)n1. The maximum Gasteiger partial charge on any atom is 0.134 e. The third-order valence-corrected chi connectivity index (χ3v) is 4.59. The summed E-state index contributed by atoms with van der Waals surface area (Å²) in [6.07, 6.45) is 5.94. The second-order valence-corrected chi connectivity index (χ2v) is 6.41. The molecule has 0 radical (unpaired) electrons. The van der Waals surface area contributed by atoms with Crippen LogP contribution >= 0.6 is 23.4 Å². The summed E-state index contributed by atoms with van der Waals surface area (Å²) in [5, 5.41) is 4.64. The quantitative estimate of drug-likeness (QED) is 0.836. The Kier molecular flexibility index (Phi) is 5.57. The summed E-state index contributed by atoms with van der Waals surface area (Å²) in [4.78, 5) is 8.72. The lowest BCUT2D eigenvalue weighted by molar-refractivity contribution is 0.676. The van der Waals surface area contributed by atoms with E-state index in [1.165, 1.54) is 25.0 Å². The summed E-state index contributed by atoms with van der Waals surface area (Å²) in [5.41, 5.74) is 0. The van der Waals surface area contributed by atoms with Crippen molar-refractivity contribution in [1.29, 1.82) is 0 Å². The number of aryl methyl sites for hydroxylation is 1. The lowest BCUT2D eigenvalue weighted by Crippen LogP contribution is -2.20. The minimum absolute atomic E-state index is 0.534. The van der Waals surface area contributed by atoms with Gasteiger partial charge in [-0.1, -0.05) is 24.9 Å². The average Bonchev–Trinajstić information content (AvgIpc) is 2.37. The highest BCUT2D eigenvalue weighted by molar-refractivity contribution is 7.99. The van der Waals surface area contributed by atoms with Crippen molar-refractivity contribution in [3.05, 3.63) is 17.0 Å². The Labute approximate surface area is 118 Å². The first-order chi connectivity index (χ1) is 8.78. The Hall–Kier alpha value is -0.480. The smallest absolute Gasteiger partial charge is 0.134 e. The van der Waals surface area contributed by atoms with Gasteiger partial charge in [-0.2, -0.15) is 11.8 Å². The molecule has 1 fully saturated rings. The number of hydrogen-bond acceptors (Lipinski definition) is 4. The van der Waals surface area contributed by atoms with Crippen molar-refractivity contribution >= 4 is 29.2 Å². The van der Waals surface area contributed by atoms with Crippen molar-refractivity contribution in [2.45, 2.75) is 44.3 Å². The number of nitrogens with one attached hydrogen (secondary N) is 1. The van der Waals surface area contributed by atoms with Crippen LogP contribution in [-0.2, 0) is 6.42 Å². The van der Waals surface area contributed by atoms with Crippen LogP contribution < -0.4 is 5.32 Å². The van der Waals surface area contributed by atoms with Crippen LogP contribution in [0.3, 0.4) is 0 Å². The van der Waals surface area contributed by atoms with Crippen LogP contribution in [0.1, 0.15) is 38.4 Å². The molecule has 1 aliphatic rings. The van der Waals surface area contributed by atoms with Gasteiger partial charge in [0.1, 0.15) is 16.8 Å². The first-order valence-corrected chi connectivity index (χ1v) is 8.09. The first-order valence-electron chi connectivity index (χ1n) is 6.67. The van der Waals surface area contributed by atoms with E-state index in [2.05, 4.69) is 34.0 Å². The van der Waals surface area contributed by atoms with Crippen molar-refractivity contribution in [2.24, 2.45) is 0 Å². The Bertz CT molecular complexity index is 380. The average molecular weight is 286 g/mol. The van der Waals surface area contributed by atoms with E-state index in [0.717, 1.165) is 31.0 Å². The number of nitrogens with zero attached hydrogens (tertiary/aromatic N) is 2. The molecule has 1 aromatic rings. The predicted octanol–water partition coefficient (Wildman–Crippen LogP) is 3.78. The summed E-state index contributed by atoms with van der Waals surface area (Å²) >= 11 is 8.07. The minimum atomic E-state index is 0.534. The lowest BCUT2D eigenvalue weighted by atomic mass is 10.2. The van der Waals surface area contributed by atoms with Crippen molar-refractivity contribution in [3.8, 4) is 0 Å². The zero-order valence-electron chi connectivity index (χ0n) is 10.8. The molecule has 5 heteroatoms. The third kappa shape index (κ3) is 4.32. The molecule has 2 rings (SSSR count). The maximum absolute atomic E-state index is 6.01. The van der Waals surface area contributed by atoms with E-state index < -0.39 is 0 Å². The molecule has 0 aromatic carbocycles. The van der Waals surface area contributed by atoms with Crippen molar-refractivity contribution < 1.29 is 0 Å². The zero-order chi connectivity index (χ0) is 12.8. The highest BCUT2D eigenvalue weighted by atomic mass is 35.5. The number of thioether (sulfide) groups is 1. The third-order valence-electron chi connectivity index (χ3n) is 3.00. The molecule has 0 amide bonds. The fourth-order valence-corrected chi connectivity index (χ4v) is 3.52. The van der Waals surface area contributed by atoms with E-state index in [1.807, 2.05) is 6.07 Å². The Morgan fingerprint density at radius 3 is 3.06 bits per heavy atom. The fourth-order valence-electron chi connectivity index (χ4n) is 2.08. The van der Waals surface area contributed by atoms with Gasteiger partial charge in [-0.05, 0) is 25.0 Å². The molecule has 1 N–H and O–H groups in total. The molecule has 100 valence electrons. The molecule has 0 saturated carbocycles. The number of anilines is 1. The van der Waals surface area contributed by atoms with Gasteiger partial charge in [0, 0.05) is 24.3 Å². The molecule has 18 heavy (non-hydrogen) atoms. The molecule has 2 heterocycles. The standard InChI is InChI=1S/C13H20ClN3S/c1-2-5-12-16-11(14)8-13(17-12)15-9-10-6-3-4-7-18-10/h8,10H,2-7,9H2,1H3,(H,15,16,17). The van der Waals surface area contributed by atoms with Crippen molar-refractivity contribution in [3.63, 3.8) is 0 Å². The van der Waals surface area contributed by atoms with E-state index >= 15 is 0 Å². The zero-order valence-corrected chi connectivity index (χ0v) is 12.4. The summed E-state index contributed by atoms with van der Waals surface area (Å²) in [6, 6.07) is 1.81. The molecule has 0 aliphatic carbocycles. The first kappa shape index (κ1) is 13.9. The Morgan fingerprint density at radius 1 is 1.44 bits per heavy atom. The van der Waals surface area contributed by atoms with Crippen molar-refractivity contribution in [2.75, 3.05) is 17.6 Å². The highest BCUT2D eigenvalue weighted by Crippen LogP contribution is 2.25. The summed E-state index contributed by atoms with van der Waals surface area (Å²) in [7, 11) is 0. The van der Waals surface area contributed by atoms with Gasteiger partial charge in [-0.3, -0.25) is 0 Å². The molecule has 0 bridgehead atoms. The van der Waals surface area contributed by atoms with E-state index in [-0.39, 0.29) is 0 Å². The van der Waals surface area contributed by atoms with Crippen LogP contribution in [0.15, 0.2) is 6.07 Å². The van der Waals surface area contributed by atoms with Crippen LogP contribution in [0.5, 0.6) is 0 Å². The Morgan fingerprint density at radius 2 is 2.33 bits per heavy atom. The van der Waals surface area contributed by atoms with Gasteiger partial charge < -0.3 is 5.32 Å². The molecule has 1 saturated heterocycles. The van der Waals surface area contributed by atoms with Gasteiger partial charge >= 0.3 is 0 Å². The van der Waals surface area contributed by atoms with E-state index in [1.54, 1.807) is 0 Å². The van der Waals surface area contributed by atoms with Crippen LogP contribution in [-0.4, -0.2) is 27.5 Å². The van der Waals surface area contributed by atoms with Crippen LogP contribution in [0.2, 0.25) is 5.15 Å². The van der Waals surface area contributed by atoms with Crippen LogP contribution in [0.25, 0.3) is 0 Å². The molecule has 1 aromatic heterocycles. The number of halogens is 1. The maximum atomic E-state index is 6.01. The Balaban J connectivity index is 1.91. The summed E-state index contributed by atoms with van der Waals surface area (Å²) < 4.78 is 0. The summed E-state index contributed by atoms with van der Waals surface area (Å²) in [6.45, 7) is 3.10.